The first-order chi connectivity index (χ1) is 8.20. The highest BCUT2D eigenvalue weighted by Gasteiger charge is 2.07. The normalized spacial score (nSPS) is 10.3. The number of thiophene rings is 1. The molecule has 0 bridgehead atoms. The molecular weight excluding hydrogens is 370 g/mol. The molecule has 17 heavy (non-hydrogen) atoms. The van der Waals surface area contributed by atoms with Gasteiger partial charge in [0.1, 0.15) is 16.6 Å². The van der Waals surface area contributed by atoms with Gasteiger partial charge in [0, 0.05) is 4.88 Å². The van der Waals surface area contributed by atoms with Crippen LogP contribution in [0.3, 0.4) is 0 Å². The van der Waals surface area contributed by atoms with E-state index >= 15 is 0 Å². The van der Waals surface area contributed by atoms with E-state index in [-0.39, 0.29) is 0 Å². The Hall–Kier alpha value is -0.700. The summed E-state index contributed by atoms with van der Waals surface area (Å²) in [6.45, 7) is 0.704. The third-order valence-corrected chi connectivity index (χ3v) is 4.36. The van der Waals surface area contributed by atoms with Gasteiger partial charge in [-0.15, -0.1) is 11.3 Å². The minimum absolute atomic E-state index is 0.551. The van der Waals surface area contributed by atoms with E-state index in [0.717, 1.165) is 8.26 Å². The Morgan fingerprint density at radius 2 is 2.00 bits per heavy atom. The largest absolute Gasteiger partial charge is 0.364 e. The number of hydrogen-bond acceptors (Lipinski definition) is 6. The molecule has 0 fully saturated rings. The number of nitrogens with one attached hydrogen (secondary N) is 2. The lowest BCUT2D eigenvalue weighted by atomic mass is 10.4. The van der Waals surface area contributed by atoms with Gasteiger partial charge in [0.2, 0.25) is 0 Å². The van der Waals surface area contributed by atoms with Gasteiger partial charge in [0.05, 0.1) is 10.3 Å². The zero-order chi connectivity index (χ0) is 12.3. The van der Waals surface area contributed by atoms with E-state index in [1.54, 1.807) is 11.3 Å². The van der Waals surface area contributed by atoms with Gasteiger partial charge in [0.25, 0.3) is 0 Å². The number of nitrogens with two attached hydrogens (primary N) is 1. The summed E-state index contributed by atoms with van der Waals surface area (Å²) in [6, 6.07) is 4.07. The Morgan fingerprint density at radius 3 is 2.65 bits per heavy atom. The molecule has 0 aliphatic carbocycles. The maximum absolute atomic E-state index is 5.33. The maximum atomic E-state index is 5.33. The Labute approximate surface area is 119 Å². The summed E-state index contributed by atoms with van der Waals surface area (Å²) in [5.74, 6) is 6.58. The van der Waals surface area contributed by atoms with Crippen LogP contribution in [0.2, 0.25) is 0 Å². The zero-order valence-electron chi connectivity index (χ0n) is 8.58. The molecule has 90 valence electrons. The summed E-state index contributed by atoms with van der Waals surface area (Å²) in [5.41, 5.74) is 2.50. The molecule has 0 unspecified atom stereocenters. The third kappa shape index (κ3) is 3.15. The fraction of sp³-hybridized carbons (Fsp3) is 0.111. The molecule has 0 radical (unpaired) electrons. The van der Waals surface area contributed by atoms with Gasteiger partial charge in [-0.3, -0.25) is 0 Å². The molecular formula is C9H9Br2N5S. The number of nitrogen functional groups attached to an aromatic ring is 1. The van der Waals surface area contributed by atoms with Gasteiger partial charge >= 0.3 is 0 Å². The van der Waals surface area contributed by atoms with Gasteiger partial charge in [-0.25, -0.2) is 15.8 Å². The van der Waals surface area contributed by atoms with Gasteiger partial charge in [-0.1, -0.05) is 0 Å². The van der Waals surface area contributed by atoms with Crippen molar-refractivity contribution in [2.45, 2.75) is 6.54 Å². The van der Waals surface area contributed by atoms with E-state index in [1.807, 2.05) is 6.07 Å². The molecule has 0 amide bonds. The molecule has 4 N–H and O–H groups in total. The molecule has 2 aromatic heterocycles. The van der Waals surface area contributed by atoms with Crippen molar-refractivity contribution >= 4 is 54.8 Å². The molecule has 5 nitrogen and oxygen atoms in total. The van der Waals surface area contributed by atoms with E-state index < -0.39 is 0 Å². The van der Waals surface area contributed by atoms with E-state index in [0.29, 0.717) is 18.2 Å². The highest BCUT2D eigenvalue weighted by Crippen LogP contribution is 2.27. The van der Waals surface area contributed by atoms with Crippen molar-refractivity contribution in [3.8, 4) is 0 Å². The number of hydrogen-bond donors (Lipinski definition) is 3. The van der Waals surface area contributed by atoms with Crippen molar-refractivity contribution in [2.75, 3.05) is 10.7 Å². The van der Waals surface area contributed by atoms with E-state index in [2.05, 4.69) is 58.6 Å². The van der Waals surface area contributed by atoms with Crippen LogP contribution in [-0.4, -0.2) is 9.97 Å². The molecule has 2 rings (SSSR count). The topological polar surface area (TPSA) is 75.9 Å². The van der Waals surface area contributed by atoms with Gasteiger partial charge in [-0.05, 0) is 44.0 Å². The van der Waals surface area contributed by atoms with Crippen molar-refractivity contribution in [3.05, 3.63) is 31.6 Å². The second kappa shape index (κ2) is 5.76. The summed E-state index contributed by atoms with van der Waals surface area (Å²) in [6.07, 6.45) is 1.45. The van der Waals surface area contributed by atoms with Crippen molar-refractivity contribution in [1.29, 1.82) is 0 Å². The molecule has 0 aliphatic rings. The van der Waals surface area contributed by atoms with Crippen LogP contribution < -0.4 is 16.6 Å². The first kappa shape index (κ1) is 12.7. The van der Waals surface area contributed by atoms with Crippen molar-refractivity contribution in [1.82, 2.24) is 9.97 Å². The molecule has 8 heteroatoms. The first-order valence-electron chi connectivity index (χ1n) is 4.66. The van der Waals surface area contributed by atoms with Crippen LogP contribution in [0, 0.1) is 0 Å². The van der Waals surface area contributed by atoms with Crippen LogP contribution in [-0.2, 0) is 6.54 Å². The van der Waals surface area contributed by atoms with E-state index in [4.69, 9.17) is 5.84 Å². The fourth-order valence-electron chi connectivity index (χ4n) is 1.21. The van der Waals surface area contributed by atoms with Crippen LogP contribution in [0.4, 0.5) is 11.6 Å². The summed E-state index contributed by atoms with van der Waals surface area (Å²) >= 11 is 8.49. The summed E-state index contributed by atoms with van der Waals surface area (Å²) in [7, 11) is 0. The van der Waals surface area contributed by atoms with Crippen LogP contribution in [0.5, 0.6) is 0 Å². The smallest absolute Gasteiger partial charge is 0.159 e. The molecule has 0 atom stereocenters. The molecule has 0 saturated carbocycles. The number of anilines is 2. The molecule has 2 heterocycles. The van der Waals surface area contributed by atoms with Crippen LogP contribution in [0.1, 0.15) is 4.88 Å². The average Bonchev–Trinajstić information content (AvgIpc) is 2.74. The molecule has 0 spiro atoms. The number of rotatable bonds is 4. The monoisotopic (exact) mass is 377 g/mol. The number of nitrogens with zero attached hydrogens (tertiary/aromatic N) is 2. The van der Waals surface area contributed by atoms with E-state index in [9.17, 15) is 0 Å². The first-order valence-corrected chi connectivity index (χ1v) is 7.06. The average molecular weight is 379 g/mol. The summed E-state index contributed by atoms with van der Waals surface area (Å²) in [4.78, 5) is 9.33. The van der Waals surface area contributed by atoms with Crippen LogP contribution >= 0.6 is 43.2 Å². The van der Waals surface area contributed by atoms with Crippen molar-refractivity contribution < 1.29 is 0 Å². The highest BCUT2D eigenvalue weighted by molar-refractivity contribution is 9.11. The third-order valence-electron chi connectivity index (χ3n) is 1.99. The standard InChI is InChI=1S/C9H9Br2N5S/c10-6-2-1-5(17-6)3-13-8-7(11)9(16-12)15-4-14-8/h1-2,4H,3,12H2,(H2,13,14,15,16). The maximum Gasteiger partial charge on any atom is 0.159 e. The Balaban J connectivity index is 2.09. The molecule has 0 aromatic carbocycles. The van der Waals surface area contributed by atoms with Gasteiger partial charge < -0.3 is 10.7 Å². The number of halogens is 2. The Kier molecular flexibility index (Phi) is 4.32. The predicted octanol–water partition coefficient (Wildman–Crippen LogP) is 2.96. The quantitative estimate of drug-likeness (QED) is 0.563. The van der Waals surface area contributed by atoms with Crippen molar-refractivity contribution in [2.24, 2.45) is 5.84 Å². The van der Waals surface area contributed by atoms with Crippen molar-refractivity contribution in [3.63, 3.8) is 0 Å². The minimum atomic E-state index is 0.551. The molecule has 2 aromatic rings. The molecule has 0 saturated heterocycles. The Bertz CT molecular complexity index is 516. The fourth-order valence-corrected chi connectivity index (χ4v) is 3.09. The molecule has 0 aliphatic heterocycles. The van der Waals surface area contributed by atoms with Crippen LogP contribution in [0.15, 0.2) is 26.7 Å². The summed E-state index contributed by atoms with van der Waals surface area (Å²) in [5, 5.41) is 3.21. The van der Waals surface area contributed by atoms with Crippen LogP contribution in [0.25, 0.3) is 0 Å². The highest BCUT2D eigenvalue weighted by atomic mass is 79.9. The number of aromatic nitrogens is 2. The summed E-state index contributed by atoms with van der Waals surface area (Å²) < 4.78 is 1.83. The lowest BCUT2D eigenvalue weighted by Crippen LogP contribution is -2.11. The Morgan fingerprint density at radius 1 is 1.24 bits per heavy atom. The van der Waals surface area contributed by atoms with Gasteiger partial charge in [-0.2, -0.15) is 0 Å². The second-order valence-corrected chi connectivity index (χ2v) is 6.43. The predicted molar refractivity (Wildman–Crippen MR) is 76.9 cm³/mol. The second-order valence-electron chi connectivity index (χ2n) is 3.09. The van der Waals surface area contributed by atoms with E-state index in [1.165, 1.54) is 11.2 Å². The minimum Gasteiger partial charge on any atom is -0.364 e. The number of hydrazine groups is 1. The van der Waals surface area contributed by atoms with Gasteiger partial charge in [0.15, 0.2) is 5.82 Å². The lowest BCUT2D eigenvalue weighted by molar-refractivity contribution is 1.08. The SMILES string of the molecule is NNc1ncnc(NCc2ccc(Br)s2)c1Br. The lowest BCUT2D eigenvalue weighted by Gasteiger charge is -2.08. The zero-order valence-corrected chi connectivity index (χ0v) is 12.6.